The van der Waals surface area contributed by atoms with Crippen LogP contribution in [0.1, 0.15) is 26.7 Å². The zero-order chi connectivity index (χ0) is 26.3. The fourth-order valence-corrected chi connectivity index (χ4v) is 8.48. The lowest BCUT2D eigenvalue weighted by Gasteiger charge is -2.45. The van der Waals surface area contributed by atoms with Gasteiger partial charge in [0.2, 0.25) is 5.91 Å². The molecule has 5 heterocycles. The molecular weight excluding hydrogens is 537 g/mol. The van der Waals surface area contributed by atoms with E-state index in [0.29, 0.717) is 38.8 Å². The Bertz CT molecular complexity index is 832. The van der Waals surface area contributed by atoms with Crippen LogP contribution in [0.4, 0.5) is 0 Å². The number of carbonyl (C=O) groups excluding carboxylic acids is 2. The maximum atomic E-state index is 13.6. The van der Waals surface area contributed by atoms with Crippen molar-refractivity contribution in [3.63, 3.8) is 0 Å². The predicted molar refractivity (Wildman–Crippen MR) is 146 cm³/mol. The summed E-state index contributed by atoms with van der Waals surface area (Å²) in [6, 6.07) is 0.579. The monoisotopic (exact) mass is 577 g/mol. The first kappa shape index (κ1) is 28.2. The van der Waals surface area contributed by atoms with Gasteiger partial charge in [0.25, 0.3) is 5.91 Å². The van der Waals surface area contributed by atoms with Crippen LogP contribution in [-0.4, -0.2) is 109 Å². The highest BCUT2D eigenvalue weighted by molar-refractivity contribution is 8.00. The highest BCUT2D eigenvalue weighted by Crippen LogP contribution is 2.38. The number of nitrogens with zero attached hydrogens (tertiary/aromatic N) is 1. The van der Waals surface area contributed by atoms with Crippen molar-refractivity contribution in [2.45, 2.75) is 78.7 Å². The fraction of sp³-hybridized carbons (Fsp3) is 0.917. The fourth-order valence-electron chi connectivity index (χ4n) is 6.62. The molecule has 0 aromatic rings. The lowest BCUT2D eigenvalue weighted by molar-refractivity contribution is -0.134. The standard InChI is InChI=1S/C24H41Cl2N7O3S/c1-11-4-13(14-5-20(26)28-8-18(14)36-3)15(6-27-11)22(34)32-24-31-17-9-33(10-19(17)37-24)23(35)21-29-7-16(25)12(2)30-21/h11-21,24,27-31H,4-10H2,1-3H3,(H,32,34). The molecule has 6 N–H and O–H groups in total. The molecule has 37 heavy (non-hydrogen) atoms. The lowest BCUT2D eigenvalue weighted by Crippen LogP contribution is -2.64. The summed E-state index contributed by atoms with van der Waals surface area (Å²) in [4.78, 5) is 28.5. The van der Waals surface area contributed by atoms with Crippen LogP contribution in [0.3, 0.4) is 0 Å². The molecule has 5 aliphatic heterocycles. The van der Waals surface area contributed by atoms with Gasteiger partial charge in [-0.2, -0.15) is 0 Å². The second kappa shape index (κ2) is 12.0. The van der Waals surface area contributed by atoms with Gasteiger partial charge in [-0.05, 0) is 38.5 Å². The summed E-state index contributed by atoms with van der Waals surface area (Å²) in [7, 11) is 1.75. The van der Waals surface area contributed by atoms with E-state index in [4.69, 9.17) is 27.9 Å². The van der Waals surface area contributed by atoms with Crippen LogP contribution in [0.25, 0.3) is 0 Å². The molecule has 0 bridgehead atoms. The third-order valence-corrected chi connectivity index (χ3v) is 11.0. The maximum absolute atomic E-state index is 13.6. The van der Waals surface area contributed by atoms with Gasteiger partial charge >= 0.3 is 0 Å². The molecule has 0 radical (unpaired) electrons. The molecule has 5 aliphatic rings. The van der Waals surface area contributed by atoms with Crippen LogP contribution in [0.5, 0.6) is 0 Å². The van der Waals surface area contributed by atoms with Crippen molar-refractivity contribution in [2.24, 2.45) is 17.8 Å². The summed E-state index contributed by atoms with van der Waals surface area (Å²) in [5.41, 5.74) is -0.254. The van der Waals surface area contributed by atoms with Gasteiger partial charge < -0.3 is 20.3 Å². The van der Waals surface area contributed by atoms with Crippen molar-refractivity contribution < 1.29 is 14.3 Å². The van der Waals surface area contributed by atoms with Crippen LogP contribution >= 0.6 is 35.0 Å². The molecule has 0 aromatic carbocycles. The Kier molecular flexibility index (Phi) is 9.15. The number of likely N-dealkylation sites (tertiary alicyclic amines) is 1. The van der Waals surface area contributed by atoms with Crippen molar-refractivity contribution in [2.75, 3.05) is 39.8 Å². The molecule has 0 aromatic heterocycles. The molecule has 5 saturated heterocycles. The first-order valence-corrected chi connectivity index (χ1v) is 15.3. The van der Waals surface area contributed by atoms with Crippen LogP contribution in [0.15, 0.2) is 0 Å². The topological polar surface area (TPSA) is 119 Å². The number of rotatable bonds is 5. The number of piperidine rings is 2. The molecular formula is C24H41Cl2N7O3S. The average Bonchev–Trinajstić information content (AvgIpc) is 3.44. The van der Waals surface area contributed by atoms with E-state index in [0.717, 1.165) is 12.8 Å². The molecule has 12 atom stereocenters. The number of fused-ring (bicyclic) bond motifs is 1. The molecule has 2 amide bonds. The number of amides is 2. The minimum absolute atomic E-state index is 0.0303. The van der Waals surface area contributed by atoms with E-state index in [9.17, 15) is 9.59 Å². The Balaban J connectivity index is 1.15. The van der Waals surface area contributed by atoms with E-state index in [1.54, 1.807) is 18.9 Å². The summed E-state index contributed by atoms with van der Waals surface area (Å²) < 4.78 is 5.80. The molecule has 0 spiro atoms. The quantitative estimate of drug-likeness (QED) is 0.192. The third-order valence-electron chi connectivity index (χ3n) is 8.78. The minimum Gasteiger partial charge on any atom is -0.380 e. The molecule has 210 valence electrons. The van der Waals surface area contributed by atoms with Crippen LogP contribution in [-0.2, 0) is 14.3 Å². The number of carbonyl (C=O) groups is 2. The summed E-state index contributed by atoms with van der Waals surface area (Å²) in [5, 5.41) is 20.3. The molecule has 5 fully saturated rings. The molecule has 0 saturated carbocycles. The summed E-state index contributed by atoms with van der Waals surface area (Å²) in [5.74, 6) is 0.426. The molecule has 13 heteroatoms. The van der Waals surface area contributed by atoms with Gasteiger partial charge in [-0.25, -0.2) is 0 Å². The van der Waals surface area contributed by atoms with Crippen LogP contribution in [0.2, 0.25) is 0 Å². The van der Waals surface area contributed by atoms with Gasteiger partial charge in [0, 0.05) is 63.2 Å². The minimum atomic E-state index is -0.402. The molecule has 12 unspecified atom stereocenters. The number of thioether (sulfide) groups is 1. The van der Waals surface area contributed by atoms with Gasteiger partial charge in [0.1, 0.15) is 11.7 Å². The van der Waals surface area contributed by atoms with Gasteiger partial charge in [-0.15, -0.1) is 35.0 Å². The summed E-state index contributed by atoms with van der Waals surface area (Å²) in [6.45, 7) is 7.45. The Hall–Kier alpha value is -0.370. The number of hydrogen-bond donors (Lipinski definition) is 6. The van der Waals surface area contributed by atoms with Gasteiger partial charge in [0.15, 0.2) is 0 Å². The van der Waals surface area contributed by atoms with Crippen molar-refractivity contribution in [1.82, 2.24) is 36.8 Å². The largest absolute Gasteiger partial charge is 0.380 e. The van der Waals surface area contributed by atoms with Crippen LogP contribution in [0, 0.1) is 17.8 Å². The molecule has 0 aliphatic carbocycles. The van der Waals surface area contributed by atoms with E-state index < -0.39 is 6.17 Å². The van der Waals surface area contributed by atoms with Crippen molar-refractivity contribution in [3.8, 4) is 0 Å². The van der Waals surface area contributed by atoms with Crippen LogP contribution < -0.4 is 31.9 Å². The Labute approximate surface area is 233 Å². The second-order valence-electron chi connectivity index (χ2n) is 11.3. The van der Waals surface area contributed by atoms with Crippen molar-refractivity contribution in [3.05, 3.63) is 0 Å². The summed E-state index contributed by atoms with van der Waals surface area (Å²) in [6.07, 6.45) is 1.36. The van der Waals surface area contributed by atoms with Gasteiger partial charge in [-0.1, -0.05) is 0 Å². The highest BCUT2D eigenvalue weighted by atomic mass is 35.5. The second-order valence-corrected chi connectivity index (χ2v) is 13.7. The molecule has 10 nitrogen and oxygen atoms in total. The zero-order valence-electron chi connectivity index (χ0n) is 21.7. The van der Waals surface area contributed by atoms with Crippen molar-refractivity contribution >= 4 is 46.8 Å². The Morgan fingerprint density at radius 1 is 1.00 bits per heavy atom. The smallest absolute Gasteiger partial charge is 0.254 e. The Morgan fingerprint density at radius 2 is 1.81 bits per heavy atom. The third kappa shape index (κ3) is 6.20. The zero-order valence-corrected chi connectivity index (χ0v) is 24.0. The van der Waals surface area contributed by atoms with Crippen molar-refractivity contribution in [1.29, 1.82) is 0 Å². The Morgan fingerprint density at radius 3 is 2.54 bits per heavy atom. The summed E-state index contributed by atoms with van der Waals surface area (Å²) >= 11 is 14.4. The maximum Gasteiger partial charge on any atom is 0.254 e. The number of alkyl halides is 2. The van der Waals surface area contributed by atoms with E-state index in [-0.39, 0.29) is 69.4 Å². The highest BCUT2D eigenvalue weighted by Gasteiger charge is 2.47. The number of methoxy groups -OCH3 is 1. The number of ether oxygens (including phenoxy) is 1. The van der Waals surface area contributed by atoms with E-state index in [1.807, 2.05) is 11.8 Å². The van der Waals surface area contributed by atoms with E-state index >= 15 is 0 Å². The molecule has 5 rings (SSSR count). The average molecular weight is 579 g/mol. The predicted octanol–water partition coefficient (Wildman–Crippen LogP) is -0.380. The van der Waals surface area contributed by atoms with Gasteiger partial charge in [0.05, 0.1) is 22.9 Å². The first-order valence-electron chi connectivity index (χ1n) is 13.5. The number of nitrogens with one attached hydrogen (secondary N) is 6. The number of hydrogen-bond acceptors (Lipinski definition) is 9. The lowest BCUT2D eigenvalue weighted by atomic mass is 9.70. The van der Waals surface area contributed by atoms with Gasteiger partial charge in [-0.3, -0.25) is 30.9 Å². The number of halogens is 2. The SMILES string of the molecule is COC1CNC(Cl)CC1C1CC(C)NCC1C(=O)NC1NC2CN(C(=O)C3NCC(Cl)C(C)N3)CC2S1. The van der Waals surface area contributed by atoms with E-state index in [2.05, 4.69) is 38.8 Å². The first-order chi connectivity index (χ1) is 17.7. The normalized spacial score (nSPS) is 46.5. The van der Waals surface area contributed by atoms with E-state index in [1.165, 1.54) is 0 Å².